The van der Waals surface area contributed by atoms with Crippen LogP contribution >= 0.6 is 11.6 Å². The Balaban J connectivity index is 2.20. The van der Waals surface area contributed by atoms with Crippen LogP contribution < -0.4 is 10.2 Å². The second-order valence-electron chi connectivity index (χ2n) is 8.94. The van der Waals surface area contributed by atoms with Gasteiger partial charge in [-0.2, -0.15) is 8.42 Å². The number of likely N-dealkylation sites (N-methyl/N-ethyl adjacent to an activating group) is 1. The topological polar surface area (TPSA) is 163 Å². The second-order valence-corrected chi connectivity index (χ2v) is 11.0. The second kappa shape index (κ2) is 12.3. The van der Waals surface area contributed by atoms with Crippen molar-refractivity contribution >= 4 is 62.5 Å². The SMILES string of the molecule is CC(=N)N1C(=N)[C@H](COS(C)(=O)=O)N=C(c2ccc(Cl)cc2)c2cc(/C(C=N)=C/NCC(=O)N(C)C)ccc21. The van der Waals surface area contributed by atoms with Crippen molar-refractivity contribution in [1.29, 1.82) is 16.2 Å². The molecule has 0 radical (unpaired) electrons. The summed E-state index contributed by atoms with van der Waals surface area (Å²) in [6.45, 7) is 1.14. The van der Waals surface area contributed by atoms with E-state index in [2.05, 4.69) is 5.32 Å². The fourth-order valence-electron chi connectivity index (χ4n) is 3.78. The zero-order valence-corrected chi connectivity index (χ0v) is 23.5. The Morgan fingerprint density at radius 3 is 2.46 bits per heavy atom. The fourth-order valence-corrected chi connectivity index (χ4v) is 4.29. The van der Waals surface area contributed by atoms with Gasteiger partial charge in [-0.1, -0.05) is 29.8 Å². The van der Waals surface area contributed by atoms with E-state index in [9.17, 15) is 13.2 Å². The van der Waals surface area contributed by atoms with Crippen LogP contribution in [-0.2, 0) is 19.1 Å². The van der Waals surface area contributed by atoms with Crippen LogP contribution in [0, 0.1) is 16.2 Å². The standard InChI is InChI=1S/C26H30ClN7O4S/c1-16(29)34-23-10-7-18(19(12-28)13-31-14-24(35)33(2)3)11-21(23)25(17-5-8-20(27)9-6-17)32-22(26(34)30)15-38-39(4,36)37/h5-13,22,28-31H,14-15H2,1-4H3/b19-13+,28-12?,29-16?,30-26?/t22-/m0/s1. The predicted molar refractivity (Wildman–Crippen MR) is 155 cm³/mol. The van der Waals surface area contributed by atoms with E-state index < -0.39 is 22.8 Å². The molecule has 3 rings (SSSR count). The van der Waals surface area contributed by atoms with Crippen LogP contribution in [0.15, 0.2) is 53.7 Å². The Kier molecular flexibility index (Phi) is 9.38. The molecule has 0 aromatic heterocycles. The fraction of sp³-hybridized carbons (Fsp3) is 0.269. The number of carbonyl (C=O) groups is 1. The van der Waals surface area contributed by atoms with Crippen LogP contribution in [0.2, 0.25) is 5.02 Å². The predicted octanol–water partition coefficient (Wildman–Crippen LogP) is 2.98. The van der Waals surface area contributed by atoms with Gasteiger partial charge in [0.1, 0.15) is 17.7 Å². The third kappa shape index (κ3) is 7.37. The molecule has 1 aliphatic heterocycles. The average molecular weight is 572 g/mol. The number of fused-ring (bicyclic) bond motifs is 1. The molecule has 0 saturated carbocycles. The molecule has 0 unspecified atom stereocenters. The first-order valence-electron chi connectivity index (χ1n) is 11.7. The summed E-state index contributed by atoms with van der Waals surface area (Å²) in [7, 11) is -0.514. The maximum Gasteiger partial charge on any atom is 0.264 e. The molecule has 0 aliphatic carbocycles. The van der Waals surface area contributed by atoms with Crippen molar-refractivity contribution in [1.82, 2.24) is 10.2 Å². The molecule has 11 nitrogen and oxygen atoms in total. The van der Waals surface area contributed by atoms with Crippen LogP contribution in [0.1, 0.15) is 23.6 Å². The van der Waals surface area contributed by atoms with Gasteiger partial charge in [0.25, 0.3) is 10.1 Å². The minimum Gasteiger partial charge on any atom is -0.382 e. The summed E-state index contributed by atoms with van der Waals surface area (Å²) in [6, 6.07) is 11.1. The summed E-state index contributed by atoms with van der Waals surface area (Å²) in [6.07, 6.45) is 3.63. The highest BCUT2D eigenvalue weighted by Crippen LogP contribution is 2.32. The number of carbonyl (C=O) groups excluding carboxylic acids is 1. The lowest BCUT2D eigenvalue weighted by Gasteiger charge is -2.26. The number of nitrogens with zero attached hydrogens (tertiary/aromatic N) is 3. The lowest BCUT2D eigenvalue weighted by Crippen LogP contribution is -2.42. The van der Waals surface area contributed by atoms with Crippen LogP contribution in [-0.4, -0.2) is 82.4 Å². The van der Waals surface area contributed by atoms with Crippen molar-refractivity contribution in [2.75, 3.05) is 38.4 Å². The summed E-state index contributed by atoms with van der Waals surface area (Å²) in [5, 5.41) is 28.6. The first-order chi connectivity index (χ1) is 18.3. The number of anilines is 1. The normalized spacial score (nSPS) is 15.7. The number of allylic oxidation sites excluding steroid dienone is 1. The van der Waals surface area contributed by atoms with E-state index in [4.69, 9.17) is 37.0 Å². The highest BCUT2D eigenvalue weighted by molar-refractivity contribution is 7.86. The molecule has 0 fully saturated rings. The number of nitrogens with one attached hydrogen (secondary N) is 4. The molecule has 2 aromatic carbocycles. The minimum atomic E-state index is -3.82. The molecule has 1 amide bonds. The average Bonchev–Trinajstić information content (AvgIpc) is 2.98. The number of benzodiazepines with no additional fused rings is 1. The Morgan fingerprint density at radius 1 is 1.23 bits per heavy atom. The number of amidine groups is 2. The van der Waals surface area contributed by atoms with Crippen molar-refractivity contribution < 1.29 is 17.4 Å². The number of hydrogen-bond acceptors (Lipinski definition) is 9. The summed E-state index contributed by atoms with van der Waals surface area (Å²) in [4.78, 5) is 19.5. The highest BCUT2D eigenvalue weighted by Gasteiger charge is 2.32. The van der Waals surface area contributed by atoms with Crippen molar-refractivity contribution in [3.8, 4) is 0 Å². The van der Waals surface area contributed by atoms with Gasteiger partial charge in [0.05, 0.1) is 30.8 Å². The van der Waals surface area contributed by atoms with Crippen LogP contribution in [0.25, 0.3) is 5.57 Å². The van der Waals surface area contributed by atoms with Gasteiger partial charge >= 0.3 is 0 Å². The molecule has 1 atom stereocenters. The Hall–Kier alpha value is -3.87. The van der Waals surface area contributed by atoms with Gasteiger partial charge in [0.2, 0.25) is 5.91 Å². The number of benzene rings is 2. The highest BCUT2D eigenvalue weighted by atomic mass is 35.5. The number of rotatable bonds is 9. The molecule has 1 heterocycles. The largest absolute Gasteiger partial charge is 0.382 e. The Morgan fingerprint density at radius 2 is 1.90 bits per heavy atom. The first kappa shape index (κ1) is 29.7. The smallest absolute Gasteiger partial charge is 0.264 e. The zero-order chi connectivity index (χ0) is 28.9. The minimum absolute atomic E-state index is 0.0256. The molecule has 0 bridgehead atoms. The number of amides is 1. The molecule has 39 heavy (non-hydrogen) atoms. The third-order valence-electron chi connectivity index (χ3n) is 5.73. The van der Waals surface area contributed by atoms with Gasteiger partial charge in [-0.25, -0.2) is 0 Å². The van der Waals surface area contributed by atoms with E-state index in [1.165, 1.54) is 16.7 Å². The Bertz CT molecular complexity index is 1470. The third-order valence-corrected chi connectivity index (χ3v) is 6.54. The molecule has 4 N–H and O–H groups in total. The number of halogens is 1. The number of aliphatic imine (C=N–C) groups is 1. The number of hydrogen-bond donors (Lipinski definition) is 4. The molecule has 0 saturated heterocycles. The van der Waals surface area contributed by atoms with Crippen molar-refractivity contribution in [2.24, 2.45) is 4.99 Å². The summed E-state index contributed by atoms with van der Waals surface area (Å²) < 4.78 is 28.5. The Labute approximate surface area is 232 Å². The van der Waals surface area contributed by atoms with Crippen molar-refractivity contribution in [3.63, 3.8) is 0 Å². The lowest BCUT2D eigenvalue weighted by molar-refractivity contribution is -0.127. The van der Waals surface area contributed by atoms with E-state index in [0.717, 1.165) is 12.5 Å². The maximum atomic E-state index is 11.9. The van der Waals surface area contributed by atoms with Crippen LogP contribution in [0.4, 0.5) is 5.69 Å². The van der Waals surface area contributed by atoms with Crippen molar-refractivity contribution in [3.05, 3.63) is 70.4 Å². The van der Waals surface area contributed by atoms with Crippen molar-refractivity contribution in [2.45, 2.75) is 13.0 Å². The van der Waals surface area contributed by atoms with E-state index in [1.54, 1.807) is 62.8 Å². The van der Waals surface area contributed by atoms with Crippen LogP contribution in [0.5, 0.6) is 0 Å². The molecule has 206 valence electrons. The summed E-state index contributed by atoms with van der Waals surface area (Å²) in [5.41, 5.74) is 3.20. The lowest BCUT2D eigenvalue weighted by atomic mass is 9.95. The van der Waals surface area contributed by atoms with Gasteiger partial charge in [-0.15, -0.1) is 0 Å². The molecule has 2 aromatic rings. The van der Waals surface area contributed by atoms with E-state index >= 15 is 0 Å². The van der Waals surface area contributed by atoms with Gasteiger partial charge in [0, 0.05) is 48.2 Å². The monoisotopic (exact) mass is 571 g/mol. The molecule has 1 aliphatic rings. The first-order valence-corrected chi connectivity index (χ1v) is 13.9. The molecule has 0 spiro atoms. The zero-order valence-electron chi connectivity index (χ0n) is 21.9. The quantitative estimate of drug-likeness (QED) is 0.205. The van der Waals surface area contributed by atoms with Gasteiger partial charge in [-0.3, -0.25) is 29.7 Å². The van der Waals surface area contributed by atoms with Crippen LogP contribution in [0.3, 0.4) is 0 Å². The molecule has 13 heteroatoms. The van der Waals surface area contributed by atoms with Gasteiger partial charge in [0.15, 0.2) is 0 Å². The molecular formula is C26H30ClN7O4S. The summed E-state index contributed by atoms with van der Waals surface area (Å²) >= 11 is 6.11. The van der Waals surface area contributed by atoms with Gasteiger partial charge < -0.3 is 15.6 Å². The maximum absolute atomic E-state index is 11.9. The van der Waals surface area contributed by atoms with E-state index in [0.29, 0.717) is 38.7 Å². The molecular weight excluding hydrogens is 542 g/mol. The van der Waals surface area contributed by atoms with E-state index in [-0.39, 0.29) is 24.1 Å². The summed E-state index contributed by atoms with van der Waals surface area (Å²) in [5.74, 6) is -0.235. The van der Waals surface area contributed by atoms with E-state index in [1.807, 2.05) is 0 Å². The van der Waals surface area contributed by atoms with Gasteiger partial charge in [-0.05, 0) is 36.8 Å².